The van der Waals surface area contributed by atoms with E-state index in [0.29, 0.717) is 22.7 Å². The van der Waals surface area contributed by atoms with E-state index < -0.39 is 6.04 Å². The van der Waals surface area contributed by atoms with Gasteiger partial charge in [0.1, 0.15) is 11.8 Å². The number of benzene rings is 2. The minimum atomic E-state index is -0.715. The molecule has 1 atom stereocenters. The molecule has 29 heavy (non-hydrogen) atoms. The Hall–Kier alpha value is -3.55. The second-order valence-corrected chi connectivity index (χ2v) is 6.69. The van der Waals surface area contributed by atoms with Crippen LogP contribution in [0.4, 0.5) is 16.2 Å². The molecule has 8 heteroatoms. The van der Waals surface area contributed by atoms with E-state index in [2.05, 4.69) is 21.3 Å². The lowest BCUT2D eigenvalue weighted by atomic mass is 10.0. The molecule has 0 aliphatic rings. The molecule has 4 amide bonds. The number of nitrogens with one attached hydrogen (secondary N) is 4. The van der Waals surface area contributed by atoms with Crippen molar-refractivity contribution in [2.45, 2.75) is 19.9 Å². The van der Waals surface area contributed by atoms with Gasteiger partial charge in [-0.3, -0.25) is 9.59 Å². The van der Waals surface area contributed by atoms with Crippen LogP contribution < -0.4 is 26.0 Å². The number of rotatable bonds is 7. The minimum absolute atomic E-state index is 0.119. The van der Waals surface area contributed by atoms with Crippen LogP contribution in [0.5, 0.6) is 5.75 Å². The fraction of sp³-hybridized carbons (Fsp3) is 0.286. The van der Waals surface area contributed by atoms with E-state index in [1.807, 2.05) is 13.8 Å². The van der Waals surface area contributed by atoms with E-state index in [1.165, 1.54) is 7.05 Å². The summed E-state index contributed by atoms with van der Waals surface area (Å²) in [4.78, 5) is 36.5. The van der Waals surface area contributed by atoms with Crippen molar-refractivity contribution in [2.24, 2.45) is 5.92 Å². The number of methoxy groups -OCH3 is 1. The van der Waals surface area contributed by atoms with E-state index in [1.54, 1.807) is 55.6 Å². The third kappa shape index (κ3) is 6.24. The first-order valence-corrected chi connectivity index (χ1v) is 9.18. The van der Waals surface area contributed by atoms with Gasteiger partial charge in [-0.25, -0.2) is 4.79 Å². The lowest BCUT2D eigenvalue weighted by Gasteiger charge is -2.22. The van der Waals surface area contributed by atoms with Crippen LogP contribution in [-0.4, -0.2) is 38.0 Å². The molecule has 2 aromatic rings. The number of amides is 4. The van der Waals surface area contributed by atoms with Crippen LogP contribution in [-0.2, 0) is 4.79 Å². The van der Waals surface area contributed by atoms with Gasteiger partial charge in [-0.15, -0.1) is 0 Å². The van der Waals surface area contributed by atoms with Gasteiger partial charge < -0.3 is 26.0 Å². The Morgan fingerprint density at radius 2 is 1.41 bits per heavy atom. The number of hydrogen-bond donors (Lipinski definition) is 4. The molecule has 0 fully saturated rings. The summed E-state index contributed by atoms with van der Waals surface area (Å²) in [6.45, 7) is 3.71. The Morgan fingerprint density at radius 3 is 1.90 bits per heavy atom. The summed E-state index contributed by atoms with van der Waals surface area (Å²) in [5.41, 5.74) is 1.59. The molecule has 0 aliphatic carbocycles. The maximum atomic E-state index is 12.7. The predicted molar refractivity (Wildman–Crippen MR) is 112 cm³/mol. The van der Waals surface area contributed by atoms with Crippen LogP contribution in [0.3, 0.4) is 0 Å². The topological polar surface area (TPSA) is 109 Å². The van der Waals surface area contributed by atoms with E-state index in [-0.39, 0.29) is 23.8 Å². The normalized spacial score (nSPS) is 11.3. The number of carbonyl (C=O) groups excluding carboxylic acids is 3. The van der Waals surface area contributed by atoms with Crippen LogP contribution in [0.1, 0.15) is 24.2 Å². The van der Waals surface area contributed by atoms with Crippen molar-refractivity contribution in [3.05, 3.63) is 54.1 Å². The Morgan fingerprint density at radius 1 is 0.862 bits per heavy atom. The molecule has 0 saturated carbocycles. The molecule has 2 rings (SSSR count). The van der Waals surface area contributed by atoms with Crippen LogP contribution in [0.15, 0.2) is 48.5 Å². The third-order valence-corrected chi connectivity index (χ3v) is 4.23. The van der Waals surface area contributed by atoms with Crippen molar-refractivity contribution < 1.29 is 19.1 Å². The van der Waals surface area contributed by atoms with Gasteiger partial charge in [0.15, 0.2) is 0 Å². The Balaban J connectivity index is 2.03. The fourth-order valence-corrected chi connectivity index (χ4v) is 2.55. The smallest absolute Gasteiger partial charge is 0.318 e. The molecule has 2 aromatic carbocycles. The first kappa shape index (κ1) is 21.7. The first-order valence-electron chi connectivity index (χ1n) is 9.18. The van der Waals surface area contributed by atoms with Gasteiger partial charge in [0, 0.05) is 24.0 Å². The molecule has 1 unspecified atom stereocenters. The van der Waals surface area contributed by atoms with E-state index in [4.69, 9.17) is 4.74 Å². The van der Waals surface area contributed by atoms with Crippen molar-refractivity contribution in [3.63, 3.8) is 0 Å². The van der Waals surface area contributed by atoms with Crippen LogP contribution >= 0.6 is 0 Å². The van der Waals surface area contributed by atoms with E-state index in [0.717, 1.165) is 0 Å². The maximum Gasteiger partial charge on any atom is 0.318 e. The lowest BCUT2D eigenvalue weighted by Crippen LogP contribution is -2.47. The highest BCUT2D eigenvalue weighted by Crippen LogP contribution is 2.16. The zero-order chi connectivity index (χ0) is 21.4. The third-order valence-electron chi connectivity index (χ3n) is 4.23. The van der Waals surface area contributed by atoms with Crippen LogP contribution in [0, 0.1) is 5.92 Å². The van der Waals surface area contributed by atoms with Gasteiger partial charge in [0.25, 0.3) is 5.91 Å². The Bertz CT molecular complexity index is 848. The molecule has 8 nitrogen and oxygen atoms in total. The maximum absolute atomic E-state index is 12.7. The summed E-state index contributed by atoms with van der Waals surface area (Å²) in [5, 5.41) is 10.7. The average Bonchev–Trinajstić information content (AvgIpc) is 2.72. The average molecular weight is 398 g/mol. The van der Waals surface area contributed by atoms with Gasteiger partial charge in [-0.05, 0) is 54.4 Å². The largest absolute Gasteiger partial charge is 0.497 e. The van der Waals surface area contributed by atoms with E-state index >= 15 is 0 Å². The molecule has 0 aromatic heterocycles. The second-order valence-electron chi connectivity index (χ2n) is 6.69. The number of urea groups is 1. The zero-order valence-corrected chi connectivity index (χ0v) is 16.9. The zero-order valence-electron chi connectivity index (χ0n) is 16.9. The van der Waals surface area contributed by atoms with Gasteiger partial charge >= 0.3 is 6.03 Å². The molecule has 154 valence electrons. The SMILES string of the molecule is CNC(=O)Nc1ccc(NC(=O)C(NC(=O)c2ccc(OC)cc2)C(C)C)cc1. The molecule has 4 N–H and O–H groups in total. The van der Waals surface area contributed by atoms with Gasteiger partial charge in [0.2, 0.25) is 5.91 Å². The summed E-state index contributed by atoms with van der Waals surface area (Å²) in [5.74, 6) is -0.138. The molecule has 0 spiro atoms. The summed E-state index contributed by atoms with van der Waals surface area (Å²) in [6, 6.07) is 12.3. The van der Waals surface area contributed by atoms with Crippen molar-refractivity contribution in [1.29, 1.82) is 0 Å². The highest BCUT2D eigenvalue weighted by Gasteiger charge is 2.24. The molecule has 0 radical (unpaired) electrons. The molecule has 0 saturated heterocycles. The lowest BCUT2D eigenvalue weighted by molar-refractivity contribution is -0.118. The van der Waals surface area contributed by atoms with Gasteiger partial charge in [-0.1, -0.05) is 13.8 Å². The summed E-state index contributed by atoms with van der Waals surface area (Å²) >= 11 is 0. The fourth-order valence-electron chi connectivity index (χ4n) is 2.55. The van der Waals surface area contributed by atoms with E-state index in [9.17, 15) is 14.4 Å². The Labute approximate surface area is 170 Å². The monoisotopic (exact) mass is 398 g/mol. The molecular weight excluding hydrogens is 372 g/mol. The standard InChI is InChI=1S/C21H26N4O4/c1-13(2)18(25-19(26)14-5-11-17(29-4)12-6-14)20(27)23-15-7-9-16(10-8-15)24-21(28)22-3/h5-13,18H,1-4H3,(H,23,27)(H,25,26)(H2,22,24,28). The summed E-state index contributed by atoms with van der Waals surface area (Å²) in [6.07, 6.45) is 0. The number of carbonyl (C=O) groups is 3. The molecular formula is C21H26N4O4. The van der Waals surface area contributed by atoms with Crippen molar-refractivity contribution in [2.75, 3.05) is 24.8 Å². The first-order chi connectivity index (χ1) is 13.8. The van der Waals surface area contributed by atoms with Crippen molar-refractivity contribution in [3.8, 4) is 5.75 Å². The number of ether oxygens (including phenoxy) is 1. The minimum Gasteiger partial charge on any atom is -0.497 e. The predicted octanol–water partition coefficient (Wildman–Crippen LogP) is 2.84. The second kappa shape index (κ2) is 10.1. The number of anilines is 2. The Kier molecular flexibility index (Phi) is 7.59. The van der Waals surface area contributed by atoms with Gasteiger partial charge in [0.05, 0.1) is 7.11 Å². The van der Waals surface area contributed by atoms with Crippen molar-refractivity contribution in [1.82, 2.24) is 10.6 Å². The molecule has 0 aliphatic heterocycles. The number of hydrogen-bond acceptors (Lipinski definition) is 4. The van der Waals surface area contributed by atoms with Gasteiger partial charge in [-0.2, -0.15) is 0 Å². The summed E-state index contributed by atoms with van der Waals surface area (Å²) in [7, 11) is 3.07. The molecule has 0 bridgehead atoms. The van der Waals surface area contributed by atoms with Crippen LogP contribution in [0.2, 0.25) is 0 Å². The molecule has 0 heterocycles. The summed E-state index contributed by atoms with van der Waals surface area (Å²) < 4.78 is 5.09. The highest BCUT2D eigenvalue weighted by molar-refractivity contribution is 6.01. The highest BCUT2D eigenvalue weighted by atomic mass is 16.5. The van der Waals surface area contributed by atoms with Crippen molar-refractivity contribution >= 4 is 29.2 Å². The quantitative estimate of drug-likeness (QED) is 0.575. The van der Waals surface area contributed by atoms with Crippen LogP contribution in [0.25, 0.3) is 0 Å².